The summed E-state index contributed by atoms with van der Waals surface area (Å²) in [5.41, 5.74) is 6.54. The highest BCUT2D eigenvalue weighted by Gasteiger charge is 2.08. The van der Waals surface area contributed by atoms with Gasteiger partial charge in [-0.05, 0) is 30.0 Å². The highest BCUT2D eigenvalue weighted by Crippen LogP contribution is 2.11. The molecule has 0 bridgehead atoms. The fraction of sp³-hybridized carbons (Fsp3) is 0.550. The molecular weight excluding hydrogens is 342 g/mol. The molecule has 0 spiro atoms. The number of nitrogens with two attached hydrogens (primary N) is 1. The lowest BCUT2D eigenvalue weighted by Gasteiger charge is -2.18. The van der Waals surface area contributed by atoms with Crippen molar-refractivity contribution < 1.29 is 9.59 Å². The van der Waals surface area contributed by atoms with Crippen molar-refractivity contribution in [3.8, 4) is 0 Å². The number of hydrogen-bond donors (Lipinski definition) is 4. The Labute approximate surface area is 162 Å². The molecule has 0 aliphatic carbocycles. The third kappa shape index (κ3) is 9.08. The van der Waals surface area contributed by atoms with E-state index in [-0.39, 0.29) is 12.5 Å². The lowest BCUT2D eigenvalue weighted by Crippen LogP contribution is -2.39. The van der Waals surface area contributed by atoms with Gasteiger partial charge in [-0.15, -0.1) is 0 Å². The fourth-order valence-corrected chi connectivity index (χ4v) is 2.63. The number of nitrogens with zero attached hydrogens (tertiary/aromatic N) is 1. The number of carbonyl (C=O) groups excluding carboxylic acids is 2. The van der Waals surface area contributed by atoms with Gasteiger partial charge in [0, 0.05) is 25.7 Å². The molecule has 150 valence electrons. The molecule has 7 nitrogen and oxygen atoms in total. The molecule has 1 rings (SSSR count). The van der Waals surface area contributed by atoms with Crippen molar-refractivity contribution in [1.29, 1.82) is 0 Å². The monoisotopic (exact) mass is 375 g/mol. The van der Waals surface area contributed by atoms with Gasteiger partial charge >= 0.3 is 0 Å². The molecule has 7 heteroatoms. The average molecular weight is 376 g/mol. The van der Waals surface area contributed by atoms with E-state index in [0.717, 1.165) is 24.5 Å². The number of guanidine groups is 1. The van der Waals surface area contributed by atoms with Crippen LogP contribution in [0.1, 0.15) is 55.5 Å². The second-order valence-electron chi connectivity index (χ2n) is 6.57. The minimum atomic E-state index is -0.567. The number of amides is 2. The van der Waals surface area contributed by atoms with Crippen LogP contribution >= 0.6 is 0 Å². The molecule has 1 unspecified atom stereocenters. The van der Waals surface area contributed by atoms with Gasteiger partial charge in [0.25, 0.3) is 5.91 Å². The number of unbranched alkanes of at least 4 members (excludes halogenated alkanes) is 1. The van der Waals surface area contributed by atoms with Crippen molar-refractivity contribution in [3.63, 3.8) is 0 Å². The second kappa shape index (κ2) is 12.7. The fourth-order valence-electron chi connectivity index (χ4n) is 2.63. The van der Waals surface area contributed by atoms with Crippen molar-refractivity contribution in [1.82, 2.24) is 16.0 Å². The number of nitrogens with one attached hydrogen (secondary N) is 3. The standard InChI is InChI=1S/C20H33N5O2/c1-4-6-7-15(5-2)12-24-20(22-3)25-13-16-8-10-17(11-9-16)19(27)23-14-18(21)26/h8-11,15H,4-7,12-14H2,1-3H3,(H2,21,26)(H,23,27)(H2,22,24,25). The van der Waals surface area contributed by atoms with Crippen LogP contribution in [0.2, 0.25) is 0 Å². The third-order valence-corrected chi connectivity index (χ3v) is 4.42. The van der Waals surface area contributed by atoms with Gasteiger partial charge in [-0.1, -0.05) is 45.2 Å². The topological polar surface area (TPSA) is 109 Å². The van der Waals surface area contributed by atoms with Gasteiger partial charge in [0.15, 0.2) is 5.96 Å². The molecule has 1 aromatic carbocycles. The number of carbonyl (C=O) groups is 2. The number of primary amides is 1. The Bertz CT molecular complexity index is 613. The molecule has 0 saturated heterocycles. The first-order valence-electron chi connectivity index (χ1n) is 9.60. The summed E-state index contributed by atoms with van der Waals surface area (Å²) in [6.45, 7) is 5.79. The molecular formula is C20H33N5O2. The van der Waals surface area contributed by atoms with Gasteiger partial charge in [-0.3, -0.25) is 14.6 Å². The first-order chi connectivity index (χ1) is 13.0. The molecule has 0 radical (unpaired) electrons. The Morgan fingerprint density at radius 3 is 2.37 bits per heavy atom. The molecule has 0 fully saturated rings. The summed E-state index contributed by atoms with van der Waals surface area (Å²) in [5.74, 6) is 0.543. The minimum absolute atomic E-state index is 0.166. The molecule has 5 N–H and O–H groups in total. The summed E-state index contributed by atoms with van der Waals surface area (Å²) in [6, 6.07) is 7.19. The summed E-state index contributed by atoms with van der Waals surface area (Å²) in [4.78, 5) is 26.8. The average Bonchev–Trinajstić information content (AvgIpc) is 2.68. The van der Waals surface area contributed by atoms with Gasteiger partial charge in [0.2, 0.25) is 5.91 Å². The highest BCUT2D eigenvalue weighted by molar-refractivity contribution is 5.96. The largest absolute Gasteiger partial charge is 0.368 e. The number of benzene rings is 1. The maximum atomic E-state index is 11.9. The lowest BCUT2D eigenvalue weighted by molar-refractivity contribution is -0.117. The lowest BCUT2D eigenvalue weighted by atomic mass is 9.99. The van der Waals surface area contributed by atoms with Crippen LogP contribution in [0.3, 0.4) is 0 Å². The van der Waals surface area contributed by atoms with Crippen LogP contribution in [0, 0.1) is 5.92 Å². The van der Waals surface area contributed by atoms with Crippen LogP contribution in [0.15, 0.2) is 29.3 Å². The minimum Gasteiger partial charge on any atom is -0.368 e. The van der Waals surface area contributed by atoms with Crippen molar-refractivity contribution in [2.75, 3.05) is 20.1 Å². The van der Waals surface area contributed by atoms with Crippen molar-refractivity contribution in [2.24, 2.45) is 16.6 Å². The zero-order chi connectivity index (χ0) is 20.1. The maximum absolute atomic E-state index is 11.9. The van der Waals surface area contributed by atoms with E-state index in [1.807, 2.05) is 12.1 Å². The van der Waals surface area contributed by atoms with Crippen LogP contribution < -0.4 is 21.7 Å². The van der Waals surface area contributed by atoms with Crippen LogP contribution in [0.4, 0.5) is 0 Å². The molecule has 0 saturated carbocycles. The molecule has 0 aromatic heterocycles. The summed E-state index contributed by atoms with van der Waals surface area (Å²) in [6.07, 6.45) is 4.87. The van der Waals surface area contributed by atoms with Gasteiger partial charge in [0.05, 0.1) is 6.54 Å². The van der Waals surface area contributed by atoms with Gasteiger partial charge in [-0.2, -0.15) is 0 Å². The molecule has 0 aliphatic heterocycles. The van der Waals surface area contributed by atoms with Crippen molar-refractivity contribution >= 4 is 17.8 Å². The summed E-state index contributed by atoms with van der Waals surface area (Å²) in [5, 5.41) is 9.14. The van der Waals surface area contributed by atoms with Gasteiger partial charge < -0.3 is 21.7 Å². The van der Waals surface area contributed by atoms with Gasteiger partial charge in [0.1, 0.15) is 0 Å². The SMILES string of the molecule is CCCCC(CC)CNC(=NC)NCc1ccc(C(=O)NCC(N)=O)cc1. The zero-order valence-corrected chi connectivity index (χ0v) is 16.7. The molecule has 1 atom stereocenters. The van der Waals surface area contributed by atoms with E-state index >= 15 is 0 Å². The molecule has 1 aromatic rings. The highest BCUT2D eigenvalue weighted by atomic mass is 16.2. The van der Waals surface area contributed by atoms with E-state index in [1.165, 1.54) is 19.3 Å². The predicted octanol–water partition coefficient (Wildman–Crippen LogP) is 1.78. The quantitative estimate of drug-likeness (QED) is 0.349. The van der Waals surface area contributed by atoms with E-state index in [4.69, 9.17) is 5.73 Å². The third-order valence-electron chi connectivity index (χ3n) is 4.42. The molecule has 27 heavy (non-hydrogen) atoms. The number of aliphatic imine (C=N–C) groups is 1. The van der Waals surface area contributed by atoms with Gasteiger partial charge in [-0.25, -0.2) is 0 Å². The summed E-state index contributed by atoms with van der Waals surface area (Å²) >= 11 is 0. The predicted molar refractivity (Wildman–Crippen MR) is 109 cm³/mol. The normalized spacial score (nSPS) is 12.3. The maximum Gasteiger partial charge on any atom is 0.251 e. The van der Waals surface area contributed by atoms with E-state index in [9.17, 15) is 9.59 Å². The second-order valence-corrected chi connectivity index (χ2v) is 6.57. The van der Waals surface area contributed by atoms with Crippen LogP contribution in [0.25, 0.3) is 0 Å². The summed E-state index contributed by atoms with van der Waals surface area (Å²) < 4.78 is 0. The molecule has 0 aliphatic rings. The van der Waals surface area contributed by atoms with E-state index in [2.05, 4.69) is 34.8 Å². The zero-order valence-electron chi connectivity index (χ0n) is 16.7. The van der Waals surface area contributed by atoms with Crippen LogP contribution in [-0.4, -0.2) is 37.9 Å². The Balaban J connectivity index is 2.46. The van der Waals surface area contributed by atoms with E-state index in [1.54, 1.807) is 19.2 Å². The first kappa shape index (κ1) is 22.5. The Morgan fingerprint density at radius 2 is 1.81 bits per heavy atom. The smallest absolute Gasteiger partial charge is 0.251 e. The number of hydrogen-bond acceptors (Lipinski definition) is 3. The number of rotatable bonds is 11. The van der Waals surface area contributed by atoms with E-state index in [0.29, 0.717) is 18.0 Å². The Hall–Kier alpha value is -2.57. The van der Waals surface area contributed by atoms with Crippen molar-refractivity contribution in [2.45, 2.75) is 46.1 Å². The Morgan fingerprint density at radius 1 is 1.11 bits per heavy atom. The Kier molecular flexibility index (Phi) is 10.6. The molecule has 0 heterocycles. The van der Waals surface area contributed by atoms with E-state index < -0.39 is 5.91 Å². The van der Waals surface area contributed by atoms with Crippen LogP contribution in [0.5, 0.6) is 0 Å². The summed E-state index contributed by atoms with van der Waals surface area (Å²) in [7, 11) is 1.76. The molecule has 2 amide bonds. The first-order valence-corrected chi connectivity index (χ1v) is 9.60. The van der Waals surface area contributed by atoms with Crippen molar-refractivity contribution in [3.05, 3.63) is 35.4 Å². The van der Waals surface area contributed by atoms with Crippen LogP contribution in [-0.2, 0) is 11.3 Å².